The molecule has 3 rings (SSSR count). The van der Waals surface area contributed by atoms with Gasteiger partial charge in [-0.3, -0.25) is 0 Å². The summed E-state index contributed by atoms with van der Waals surface area (Å²) in [6.07, 6.45) is 5.22. The highest BCUT2D eigenvalue weighted by molar-refractivity contribution is 5.45. The largest absolute Gasteiger partial charge is 0.454 e. The highest BCUT2D eigenvalue weighted by Gasteiger charge is 2.25. The average molecular weight is 290 g/mol. The third-order valence-electron chi connectivity index (χ3n) is 4.61. The molecule has 1 aromatic carbocycles. The van der Waals surface area contributed by atoms with E-state index in [1.54, 1.807) is 0 Å². The molecule has 1 saturated carbocycles. The number of fused-ring (bicyclic) bond motifs is 1. The molecule has 4 heteroatoms. The van der Waals surface area contributed by atoms with E-state index in [1.807, 2.05) is 6.07 Å². The van der Waals surface area contributed by atoms with E-state index in [1.165, 1.54) is 24.8 Å². The van der Waals surface area contributed by atoms with Crippen LogP contribution in [0.3, 0.4) is 0 Å². The zero-order valence-electron chi connectivity index (χ0n) is 13.1. The van der Waals surface area contributed by atoms with Gasteiger partial charge in [0, 0.05) is 18.6 Å². The molecule has 1 N–H and O–H groups in total. The topological polar surface area (TPSA) is 33.7 Å². The highest BCUT2D eigenvalue weighted by atomic mass is 16.7. The Morgan fingerprint density at radius 1 is 1.29 bits per heavy atom. The molecule has 1 aliphatic heterocycles. The first-order valence-electron chi connectivity index (χ1n) is 8.11. The molecule has 1 aliphatic carbocycles. The number of nitrogens with zero attached hydrogens (tertiary/aromatic N) is 1. The molecule has 0 amide bonds. The molecule has 0 spiro atoms. The lowest BCUT2D eigenvalue weighted by Crippen LogP contribution is -2.42. The Hall–Kier alpha value is -1.26. The Kier molecular flexibility index (Phi) is 4.66. The number of ether oxygens (including phenoxy) is 2. The van der Waals surface area contributed by atoms with Gasteiger partial charge >= 0.3 is 0 Å². The normalized spacial score (nSPS) is 18.8. The molecule has 116 valence electrons. The third kappa shape index (κ3) is 3.33. The van der Waals surface area contributed by atoms with Crippen LogP contribution in [0.4, 0.5) is 0 Å². The van der Waals surface area contributed by atoms with Crippen LogP contribution in [-0.2, 0) is 0 Å². The fourth-order valence-corrected chi connectivity index (χ4v) is 3.00. The zero-order valence-corrected chi connectivity index (χ0v) is 13.1. The van der Waals surface area contributed by atoms with Crippen LogP contribution in [0.1, 0.15) is 44.2 Å². The summed E-state index contributed by atoms with van der Waals surface area (Å²) in [5, 5.41) is 3.67. The molecule has 4 nitrogen and oxygen atoms in total. The van der Waals surface area contributed by atoms with E-state index in [4.69, 9.17) is 9.47 Å². The van der Waals surface area contributed by atoms with Crippen molar-refractivity contribution in [1.82, 2.24) is 10.2 Å². The van der Waals surface area contributed by atoms with Crippen molar-refractivity contribution in [3.63, 3.8) is 0 Å². The average Bonchev–Trinajstić information content (AvgIpc) is 2.88. The van der Waals surface area contributed by atoms with Crippen molar-refractivity contribution in [1.29, 1.82) is 0 Å². The van der Waals surface area contributed by atoms with E-state index < -0.39 is 0 Å². The third-order valence-corrected chi connectivity index (χ3v) is 4.61. The van der Waals surface area contributed by atoms with Gasteiger partial charge in [0.2, 0.25) is 6.79 Å². The van der Waals surface area contributed by atoms with Crippen LogP contribution in [0.15, 0.2) is 18.2 Å². The highest BCUT2D eigenvalue weighted by Crippen LogP contribution is 2.34. The van der Waals surface area contributed by atoms with Gasteiger partial charge in [-0.15, -0.1) is 0 Å². The van der Waals surface area contributed by atoms with Crippen molar-refractivity contribution in [3.05, 3.63) is 23.8 Å². The molecule has 0 saturated heterocycles. The number of hydrogen-bond acceptors (Lipinski definition) is 4. The lowest BCUT2D eigenvalue weighted by molar-refractivity contribution is 0.145. The lowest BCUT2D eigenvalue weighted by atomic mass is 9.91. The molecule has 0 aromatic heterocycles. The van der Waals surface area contributed by atoms with Gasteiger partial charge in [-0.1, -0.05) is 19.4 Å². The van der Waals surface area contributed by atoms with Crippen LogP contribution >= 0.6 is 0 Å². The number of likely N-dealkylation sites (N-methyl/N-ethyl adjacent to an activating group) is 1. The van der Waals surface area contributed by atoms with E-state index in [-0.39, 0.29) is 0 Å². The Morgan fingerprint density at radius 3 is 2.81 bits per heavy atom. The Labute approximate surface area is 127 Å². The van der Waals surface area contributed by atoms with Gasteiger partial charge < -0.3 is 19.7 Å². The van der Waals surface area contributed by atoms with Crippen LogP contribution in [0, 0.1) is 0 Å². The second kappa shape index (κ2) is 6.67. The summed E-state index contributed by atoms with van der Waals surface area (Å²) >= 11 is 0. The van der Waals surface area contributed by atoms with Gasteiger partial charge in [-0.2, -0.15) is 0 Å². The summed E-state index contributed by atoms with van der Waals surface area (Å²) in [6, 6.07) is 7.44. The fraction of sp³-hybridized carbons (Fsp3) is 0.647. The number of hydrogen-bond donors (Lipinski definition) is 1. The SMILES string of the molecule is CCCNC(CN(C)C1CCC1)c1ccc2c(c1)OCO2. The molecular weight excluding hydrogens is 264 g/mol. The first-order chi connectivity index (χ1) is 10.3. The minimum Gasteiger partial charge on any atom is -0.454 e. The van der Waals surface area contributed by atoms with Gasteiger partial charge in [0.1, 0.15) is 0 Å². The van der Waals surface area contributed by atoms with Gasteiger partial charge in [0.25, 0.3) is 0 Å². The van der Waals surface area contributed by atoms with Gasteiger partial charge in [0.15, 0.2) is 11.5 Å². The Balaban J connectivity index is 1.71. The monoisotopic (exact) mass is 290 g/mol. The van der Waals surface area contributed by atoms with E-state index in [9.17, 15) is 0 Å². The molecular formula is C17H26N2O2. The molecule has 1 heterocycles. The Morgan fingerprint density at radius 2 is 2.10 bits per heavy atom. The minimum atomic E-state index is 0.341. The summed E-state index contributed by atoms with van der Waals surface area (Å²) in [5.41, 5.74) is 1.29. The predicted octanol–water partition coefficient (Wildman–Crippen LogP) is 2.94. The van der Waals surface area contributed by atoms with Crippen molar-refractivity contribution in [2.24, 2.45) is 0 Å². The summed E-state index contributed by atoms with van der Waals surface area (Å²) in [6.45, 7) is 4.63. The quantitative estimate of drug-likeness (QED) is 0.837. The maximum Gasteiger partial charge on any atom is 0.231 e. The van der Waals surface area contributed by atoms with Gasteiger partial charge in [0.05, 0.1) is 0 Å². The molecule has 0 bridgehead atoms. The first-order valence-corrected chi connectivity index (χ1v) is 8.11. The summed E-state index contributed by atoms with van der Waals surface area (Å²) in [4.78, 5) is 2.50. The molecule has 1 unspecified atom stereocenters. The van der Waals surface area contributed by atoms with E-state index in [2.05, 4.69) is 36.3 Å². The summed E-state index contributed by atoms with van der Waals surface area (Å²) in [7, 11) is 2.25. The van der Waals surface area contributed by atoms with Gasteiger partial charge in [-0.25, -0.2) is 0 Å². The second-order valence-electron chi connectivity index (χ2n) is 6.14. The molecule has 1 atom stereocenters. The number of nitrogens with one attached hydrogen (secondary N) is 1. The smallest absolute Gasteiger partial charge is 0.231 e. The summed E-state index contributed by atoms with van der Waals surface area (Å²) in [5.74, 6) is 1.74. The second-order valence-corrected chi connectivity index (χ2v) is 6.14. The van der Waals surface area contributed by atoms with Crippen LogP contribution in [0.2, 0.25) is 0 Å². The van der Waals surface area contributed by atoms with Crippen LogP contribution in [-0.4, -0.2) is 37.9 Å². The number of rotatable bonds is 7. The number of benzene rings is 1. The van der Waals surface area contributed by atoms with Crippen molar-refractivity contribution >= 4 is 0 Å². The maximum atomic E-state index is 5.51. The van der Waals surface area contributed by atoms with Crippen LogP contribution in [0.25, 0.3) is 0 Å². The molecule has 2 aliphatic rings. The minimum absolute atomic E-state index is 0.341. The van der Waals surface area contributed by atoms with Crippen molar-refractivity contribution in [2.75, 3.05) is 26.9 Å². The maximum absolute atomic E-state index is 5.51. The molecule has 0 radical (unpaired) electrons. The van der Waals surface area contributed by atoms with Gasteiger partial charge in [-0.05, 0) is 50.6 Å². The van der Waals surface area contributed by atoms with Crippen LogP contribution < -0.4 is 14.8 Å². The Bertz CT molecular complexity index is 474. The van der Waals surface area contributed by atoms with E-state index in [0.29, 0.717) is 12.8 Å². The van der Waals surface area contributed by atoms with Crippen molar-refractivity contribution in [3.8, 4) is 11.5 Å². The molecule has 21 heavy (non-hydrogen) atoms. The lowest BCUT2D eigenvalue weighted by Gasteiger charge is -2.37. The molecule has 1 fully saturated rings. The predicted molar refractivity (Wildman–Crippen MR) is 83.9 cm³/mol. The summed E-state index contributed by atoms with van der Waals surface area (Å²) < 4.78 is 10.9. The van der Waals surface area contributed by atoms with Crippen molar-refractivity contribution < 1.29 is 9.47 Å². The van der Waals surface area contributed by atoms with E-state index >= 15 is 0 Å². The first kappa shape index (κ1) is 14.7. The molecule has 1 aromatic rings. The fourth-order valence-electron chi connectivity index (χ4n) is 3.00. The standard InChI is InChI=1S/C17H26N2O2/c1-3-9-18-15(11-19(2)14-5-4-6-14)13-7-8-16-17(10-13)21-12-20-16/h7-8,10,14-15,18H,3-6,9,11-12H2,1-2H3. The zero-order chi connectivity index (χ0) is 14.7. The van der Waals surface area contributed by atoms with Crippen LogP contribution in [0.5, 0.6) is 11.5 Å². The van der Waals surface area contributed by atoms with E-state index in [0.717, 1.165) is 37.1 Å². The van der Waals surface area contributed by atoms with Crippen molar-refractivity contribution in [2.45, 2.75) is 44.7 Å².